The topological polar surface area (TPSA) is 91.5 Å². The van der Waals surface area contributed by atoms with Gasteiger partial charge in [-0.15, -0.1) is 0 Å². The maximum atomic E-state index is 12.1. The lowest BCUT2D eigenvalue weighted by atomic mass is 10.2. The summed E-state index contributed by atoms with van der Waals surface area (Å²) in [7, 11) is 1.48. The quantitative estimate of drug-likeness (QED) is 0.517. The van der Waals surface area contributed by atoms with E-state index >= 15 is 0 Å². The summed E-state index contributed by atoms with van der Waals surface area (Å²) in [4.78, 5) is 23.3. The van der Waals surface area contributed by atoms with E-state index in [0.717, 1.165) is 17.8 Å². The minimum atomic E-state index is -0.713. The molecule has 0 fully saturated rings. The number of carbonyl (C=O) groups is 2. The zero-order valence-corrected chi connectivity index (χ0v) is 15.0. The Morgan fingerprint density at radius 1 is 1.29 bits per heavy atom. The van der Waals surface area contributed by atoms with Crippen molar-refractivity contribution in [2.24, 2.45) is 0 Å². The number of benzene rings is 1. The van der Waals surface area contributed by atoms with E-state index in [2.05, 4.69) is 21.3 Å². The molecular weight excluding hydrogens is 328 g/mol. The predicted molar refractivity (Wildman–Crippen MR) is 97.7 cm³/mol. The summed E-state index contributed by atoms with van der Waals surface area (Å²) in [6.45, 7) is 4.52. The number of thiocarbonyl (C=S) groups is 1. The van der Waals surface area contributed by atoms with E-state index in [1.54, 1.807) is 0 Å². The molecule has 1 rings (SSSR count). The first-order chi connectivity index (χ1) is 11.5. The minimum Gasteiger partial charge on any atom is -0.382 e. The normalized spacial score (nSPS) is 11.3. The van der Waals surface area contributed by atoms with Crippen molar-refractivity contribution in [3.63, 3.8) is 0 Å². The standard InChI is InChI=1S/C16H24N4O3S/c1-4-17-16(24)20-13-7-5-6-12(8-13)9-18-15(22)14(10-23-3)19-11(2)21/h5-8,14H,4,9-10H2,1-3H3,(H,18,22)(H,19,21)(H2,17,20,24)/t14-/m1/s1. The number of ether oxygens (including phenoxy) is 1. The summed E-state index contributed by atoms with van der Waals surface area (Å²) >= 11 is 5.14. The molecule has 7 nitrogen and oxygen atoms in total. The fraction of sp³-hybridized carbons (Fsp3) is 0.438. The Bertz CT molecular complexity index is 580. The maximum absolute atomic E-state index is 12.1. The minimum absolute atomic E-state index is 0.115. The Morgan fingerprint density at radius 2 is 2.04 bits per heavy atom. The lowest BCUT2D eigenvalue weighted by Crippen LogP contribution is -2.48. The van der Waals surface area contributed by atoms with Gasteiger partial charge in [0.2, 0.25) is 11.8 Å². The molecule has 0 aromatic heterocycles. The highest BCUT2D eigenvalue weighted by molar-refractivity contribution is 7.80. The maximum Gasteiger partial charge on any atom is 0.245 e. The molecule has 8 heteroatoms. The van der Waals surface area contributed by atoms with Crippen LogP contribution in [0.25, 0.3) is 0 Å². The van der Waals surface area contributed by atoms with Gasteiger partial charge in [-0.3, -0.25) is 9.59 Å². The van der Waals surface area contributed by atoms with Gasteiger partial charge in [-0.05, 0) is 36.8 Å². The number of carbonyl (C=O) groups excluding carboxylic acids is 2. The first-order valence-electron chi connectivity index (χ1n) is 7.63. The molecule has 0 bridgehead atoms. The molecule has 0 saturated heterocycles. The molecule has 2 amide bonds. The molecule has 0 radical (unpaired) electrons. The van der Waals surface area contributed by atoms with Crippen molar-refractivity contribution in [2.75, 3.05) is 25.6 Å². The van der Waals surface area contributed by atoms with E-state index in [4.69, 9.17) is 17.0 Å². The molecule has 1 atom stereocenters. The van der Waals surface area contributed by atoms with Crippen molar-refractivity contribution in [1.29, 1.82) is 0 Å². The van der Waals surface area contributed by atoms with E-state index in [-0.39, 0.29) is 18.4 Å². The number of rotatable bonds is 8. The van der Waals surface area contributed by atoms with Gasteiger partial charge in [0.25, 0.3) is 0 Å². The van der Waals surface area contributed by atoms with Gasteiger partial charge in [0, 0.05) is 32.8 Å². The van der Waals surface area contributed by atoms with Crippen LogP contribution in [0.15, 0.2) is 24.3 Å². The first-order valence-corrected chi connectivity index (χ1v) is 8.04. The van der Waals surface area contributed by atoms with Crippen LogP contribution in [0.3, 0.4) is 0 Å². The number of anilines is 1. The van der Waals surface area contributed by atoms with Crippen LogP contribution in [0.2, 0.25) is 0 Å². The molecule has 1 aromatic carbocycles. The third kappa shape index (κ3) is 7.38. The summed E-state index contributed by atoms with van der Waals surface area (Å²) in [6, 6.07) is 6.84. The third-order valence-electron chi connectivity index (χ3n) is 3.02. The van der Waals surface area contributed by atoms with Gasteiger partial charge in [-0.2, -0.15) is 0 Å². The van der Waals surface area contributed by atoms with Gasteiger partial charge >= 0.3 is 0 Å². The Kier molecular flexibility index (Phi) is 8.74. The highest BCUT2D eigenvalue weighted by Gasteiger charge is 2.18. The van der Waals surface area contributed by atoms with Crippen LogP contribution < -0.4 is 21.3 Å². The van der Waals surface area contributed by atoms with Crippen LogP contribution in [-0.4, -0.2) is 43.2 Å². The number of amides is 2. The first kappa shape index (κ1) is 19.9. The molecule has 0 spiro atoms. The van der Waals surface area contributed by atoms with Crippen LogP contribution in [-0.2, 0) is 20.9 Å². The van der Waals surface area contributed by atoms with Crippen LogP contribution in [0.1, 0.15) is 19.4 Å². The average Bonchev–Trinajstić information content (AvgIpc) is 2.52. The number of methoxy groups -OCH3 is 1. The summed E-state index contributed by atoms with van der Waals surface area (Å²) in [5, 5.41) is 12.0. The van der Waals surface area contributed by atoms with Crippen LogP contribution in [0.4, 0.5) is 5.69 Å². The molecule has 24 heavy (non-hydrogen) atoms. The zero-order valence-electron chi connectivity index (χ0n) is 14.1. The molecule has 0 aliphatic carbocycles. The van der Waals surface area contributed by atoms with Crippen LogP contribution in [0.5, 0.6) is 0 Å². The molecular formula is C16H24N4O3S. The van der Waals surface area contributed by atoms with Gasteiger partial charge in [0.1, 0.15) is 6.04 Å². The molecule has 1 aromatic rings. The van der Waals surface area contributed by atoms with E-state index in [1.165, 1.54) is 14.0 Å². The molecule has 0 aliphatic heterocycles. The van der Waals surface area contributed by atoms with Crippen molar-refractivity contribution >= 4 is 34.8 Å². The Hall–Kier alpha value is -2.19. The van der Waals surface area contributed by atoms with E-state index in [0.29, 0.717) is 11.7 Å². The molecule has 0 heterocycles. The second-order valence-corrected chi connectivity index (χ2v) is 5.52. The van der Waals surface area contributed by atoms with Gasteiger partial charge in [0.05, 0.1) is 6.61 Å². The van der Waals surface area contributed by atoms with Gasteiger partial charge in [0.15, 0.2) is 5.11 Å². The zero-order chi connectivity index (χ0) is 17.9. The fourth-order valence-electron chi connectivity index (χ4n) is 2.00. The van der Waals surface area contributed by atoms with E-state index in [9.17, 15) is 9.59 Å². The van der Waals surface area contributed by atoms with Gasteiger partial charge in [-0.1, -0.05) is 12.1 Å². The highest BCUT2D eigenvalue weighted by Crippen LogP contribution is 2.10. The summed E-state index contributed by atoms with van der Waals surface area (Å²) in [5.41, 5.74) is 1.75. The average molecular weight is 352 g/mol. The lowest BCUT2D eigenvalue weighted by molar-refractivity contribution is -0.129. The molecule has 0 unspecified atom stereocenters. The van der Waals surface area contributed by atoms with E-state index in [1.807, 2.05) is 31.2 Å². The molecule has 4 N–H and O–H groups in total. The molecule has 0 saturated carbocycles. The number of nitrogens with one attached hydrogen (secondary N) is 4. The van der Waals surface area contributed by atoms with Crippen molar-refractivity contribution in [3.05, 3.63) is 29.8 Å². The summed E-state index contributed by atoms with van der Waals surface area (Å²) in [5.74, 6) is -0.580. The van der Waals surface area contributed by atoms with Crippen LogP contribution in [0, 0.1) is 0 Å². The smallest absolute Gasteiger partial charge is 0.245 e. The Balaban J connectivity index is 2.61. The second-order valence-electron chi connectivity index (χ2n) is 5.11. The number of hydrogen-bond donors (Lipinski definition) is 4. The monoisotopic (exact) mass is 352 g/mol. The van der Waals surface area contributed by atoms with Gasteiger partial charge < -0.3 is 26.0 Å². The number of hydrogen-bond acceptors (Lipinski definition) is 4. The largest absolute Gasteiger partial charge is 0.382 e. The Labute approximate surface area is 147 Å². The van der Waals surface area contributed by atoms with Crippen molar-refractivity contribution < 1.29 is 14.3 Å². The predicted octanol–water partition coefficient (Wildman–Crippen LogP) is 0.760. The Morgan fingerprint density at radius 3 is 2.67 bits per heavy atom. The summed E-state index contributed by atoms with van der Waals surface area (Å²) < 4.78 is 4.96. The summed E-state index contributed by atoms with van der Waals surface area (Å²) in [6.07, 6.45) is 0. The van der Waals surface area contributed by atoms with E-state index < -0.39 is 6.04 Å². The second kappa shape index (κ2) is 10.6. The van der Waals surface area contributed by atoms with Crippen LogP contribution >= 0.6 is 12.2 Å². The lowest BCUT2D eigenvalue weighted by Gasteiger charge is -2.17. The molecule has 132 valence electrons. The van der Waals surface area contributed by atoms with Crippen molar-refractivity contribution in [3.8, 4) is 0 Å². The van der Waals surface area contributed by atoms with Crippen molar-refractivity contribution in [1.82, 2.24) is 16.0 Å². The molecule has 0 aliphatic rings. The van der Waals surface area contributed by atoms with Gasteiger partial charge in [-0.25, -0.2) is 0 Å². The SMILES string of the molecule is CCNC(=S)Nc1cccc(CNC(=O)[C@@H](COC)NC(C)=O)c1. The highest BCUT2D eigenvalue weighted by atomic mass is 32.1. The van der Waals surface area contributed by atoms with Crippen molar-refractivity contribution in [2.45, 2.75) is 26.4 Å². The third-order valence-corrected chi connectivity index (χ3v) is 3.26. The fourth-order valence-corrected chi connectivity index (χ4v) is 2.26.